The number of hydrogen-bond acceptors (Lipinski definition) is 6. The highest BCUT2D eigenvalue weighted by atomic mass is 16.5. The lowest BCUT2D eigenvalue weighted by molar-refractivity contribution is 0.0701. The highest BCUT2D eigenvalue weighted by molar-refractivity contribution is 5.97. The number of nitrogens with zero attached hydrogens (tertiary/aromatic N) is 4. The number of piperidine rings is 1. The van der Waals surface area contributed by atoms with E-state index in [1.807, 2.05) is 30.0 Å². The Kier molecular flexibility index (Phi) is 4.39. The van der Waals surface area contributed by atoms with Crippen molar-refractivity contribution < 1.29 is 13.8 Å². The van der Waals surface area contributed by atoms with Crippen molar-refractivity contribution in [3.8, 4) is 0 Å². The number of hydrogen-bond donors (Lipinski definition) is 0. The Morgan fingerprint density at radius 1 is 1.07 bits per heavy atom. The number of likely N-dealkylation sites (tertiary alicyclic amines) is 1. The molecular weight excluding hydrogens is 356 g/mol. The predicted octanol–water partition coefficient (Wildman–Crippen LogP) is 3.00. The van der Waals surface area contributed by atoms with Gasteiger partial charge in [0.25, 0.3) is 5.91 Å². The normalized spacial score (nSPS) is 18.8. The van der Waals surface area contributed by atoms with Crippen LogP contribution in [0.5, 0.6) is 0 Å². The van der Waals surface area contributed by atoms with Crippen LogP contribution in [0.4, 0.5) is 0 Å². The van der Waals surface area contributed by atoms with Crippen molar-refractivity contribution in [1.29, 1.82) is 0 Å². The van der Waals surface area contributed by atoms with Gasteiger partial charge in [0.15, 0.2) is 11.3 Å². The summed E-state index contributed by atoms with van der Waals surface area (Å²) >= 11 is 0. The van der Waals surface area contributed by atoms with Gasteiger partial charge < -0.3 is 18.8 Å². The molecule has 0 radical (unpaired) electrons. The van der Waals surface area contributed by atoms with E-state index in [-0.39, 0.29) is 5.91 Å². The van der Waals surface area contributed by atoms with Crippen LogP contribution in [0.3, 0.4) is 0 Å². The van der Waals surface area contributed by atoms with Crippen molar-refractivity contribution in [2.75, 3.05) is 32.7 Å². The average Bonchev–Trinajstić information content (AvgIpc) is 3.32. The Balaban J connectivity index is 1.17. The minimum Gasteiger partial charge on any atom is -0.360 e. The van der Waals surface area contributed by atoms with Gasteiger partial charge in [0.05, 0.1) is 11.4 Å². The second kappa shape index (κ2) is 7.05. The van der Waals surface area contributed by atoms with Gasteiger partial charge in [-0.05, 0) is 45.0 Å². The number of fused-ring (bicyclic) bond motifs is 2. The highest BCUT2D eigenvalue weighted by Gasteiger charge is 2.31. The third-order valence-corrected chi connectivity index (χ3v) is 6.11. The topological polar surface area (TPSA) is 75.6 Å². The average molecular weight is 380 g/mol. The van der Waals surface area contributed by atoms with Gasteiger partial charge >= 0.3 is 0 Å². The molecule has 28 heavy (non-hydrogen) atoms. The van der Waals surface area contributed by atoms with Gasteiger partial charge in [0.1, 0.15) is 5.56 Å². The summed E-state index contributed by atoms with van der Waals surface area (Å²) in [5, 5.41) is 9.42. The zero-order chi connectivity index (χ0) is 19.1. The van der Waals surface area contributed by atoms with Crippen LogP contribution in [0.15, 0.2) is 33.3 Å². The van der Waals surface area contributed by atoms with Crippen molar-refractivity contribution in [3.63, 3.8) is 0 Å². The monoisotopic (exact) mass is 380 g/mol. The number of carbonyl (C=O) groups excluding carboxylic acids is 1. The van der Waals surface area contributed by atoms with Crippen molar-refractivity contribution in [2.24, 2.45) is 0 Å². The molecule has 0 bridgehead atoms. The molecule has 5 rings (SSSR count). The predicted molar refractivity (Wildman–Crippen MR) is 103 cm³/mol. The third-order valence-electron chi connectivity index (χ3n) is 6.11. The van der Waals surface area contributed by atoms with Crippen LogP contribution in [0, 0.1) is 6.92 Å². The molecule has 146 valence electrons. The summed E-state index contributed by atoms with van der Waals surface area (Å²) < 4.78 is 10.7. The molecule has 0 saturated carbocycles. The molecule has 0 spiro atoms. The van der Waals surface area contributed by atoms with E-state index in [2.05, 4.69) is 21.3 Å². The molecule has 7 heteroatoms. The van der Waals surface area contributed by atoms with Crippen LogP contribution >= 0.6 is 0 Å². The summed E-state index contributed by atoms with van der Waals surface area (Å²) in [6.07, 6.45) is 2.89. The van der Waals surface area contributed by atoms with E-state index < -0.39 is 0 Å². The number of benzene rings is 1. The highest BCUT2D eigenvalue weighted by Crippen LogP contribution is 2.32. The van der Waals surface area contributed by atoms with E-state index in [1.165, 1.54) is 0 Å². The van der Waals surface area contributed by atoms with Crippen LogP contribution in [-0.2, 0) is 6.42 Å². The molecule has 3 aromatic rings. The van der Waals surface area contributed by atoms with Crippen molar-refractivity contribution in [2.45, 2.75) is 32.1 Å². The Morgan fingerprint density at radius 3 is 2.75 bits per heavy atom. The molecule has 1 aromatic carbocycles. The number of aromatic nitrogens is 2. The van der Waals surface area contributed by atoms with Crippen LogP contribution in [-0.4, -0.2) is 58.7 Å². The number of aryl methyl sites for hydroxylation is 1. The lowest BCUT2D eigenvalue weighted by Crippen LogP contribution is -2.44. The van der Waals surface area contributed by atoms with Crippen molar-refractivity contribution in [1.82, 2.24) is 20.1 Å². The SMILES string of the molecule is Cc1noc2c1C(=O)N(CCN1CCC(c3noc4ccccc34)CC1)CC2. The molecule has 2 aromatic heterocycles. The van der Waals surface area contributed by atoms with Gasteiger partial charge in [-0.25, -0.2) is 0 Å². The molecule has 2 aliphatic heterocycles. The van der Waals surface area contributed by atoms with Gasteiger partial charge in [-0.2, -0.15) is 0 Å². The second-order valence-corrected chi connectivity index (χ2v) is 7.79. The summed E-state index contributed by atoms with van der Waals surface area (Å²) in [7, 11) is 0. The largest absolute Gasteiger partial charge is 0.360 e. The summed E-state index contributed by atoms with van der Waals surface area (Å²) in [5.41, 5.74) is 3.33. The van der Waals surface area contributed by atoms with Crippen LogP contribution in [0.1, 0.15) is 46.3 Å². The maximum absolute atomic E-state index is 12.7. The summed E-state index contributed by atoms with van der Waals surface area (Å²) in [4.78, 5) is 17.1. The first-order valence-corrected chi connectivity index (χ1v) is 10.0. The number of para-hydroxylation sites is 1. The summed E-state index contributed by atoms with van der Waals surface area (Å²) in [5.74, 6) is 1.24. The smallest absolute Gasteiger partial charge is 0.259 e. The lowest BCUT2D eigenvalue weighted by Gasteiger charge is -2.33. The van der Waals surface area contributed by atoms with Crippen molar-refractivity contribution >= 4 is 16.9 Å². The van der Waals surface area contributed by atoms with Crippen LogP contribution < -0.4 is 0 Å². The quantitative estimate of drug-likeness (QED) is 0.693. The van der Waals surface area contributed by atoms with E-state index in [0.29, 0.717) is 23.7 Å². The van der Waals surface area contributed by atoms with E-state index in [0.717, 1.165) is 67.9 Å². The fraction of sp³-hybridized carbons (Fsp3) is 0.476. The molecule has 7 nitrogen and oxygen atoms in total. The van der Waals surface area contributed by atoms with E-state index in [4.69, 9.17) is 9.05 Å². The third kappa shape index (κ3) is 2.99. The lowest BCUT2D eigenvalue weighted by atomic mass is 9.91. The maximum atomic E-state index is 12.7. The maximum Gasteiger partial charge on any atom is 0.259 e. The first kappa shape index (κ1) is 17.4. The fourth-order valence-corrected chi connectivity index (χ4v) is 4.46. The summed E-state index contributed by atoms with van der Waals surface area (Å²) in [6, 6.07) is 8.08. The fourth-order valence-electron chi connectivity index (χ4n) is 4.46. The molecule has 1 fully saturated rings. The zero-order valence-corrected chi connectivity index (χ0v) is 16.1. The first-order valence-electron chi connectivity index (χ1n) is 10.0. The van der Waals surface area contributed by atoms with Gasteiger partial charge in [-0.3, -0.25) is 4.79 Å². The minimum absolute atomic E-state index is 0.0592. The van der Waals surface area contributed by atoms with E-state index >= 15 is 0 Å². The standard InChI is InChI=1S/C21H24N4O3/c1-14-19-18(28-22-14)8-11-25(21(19)26)13-12-24-9-6-15(7-10-24)20-16-4-2-3-5-17(16)27-23-20/h2-5,15H,6-13H2,1H3. The number of amides is 1. The summed E-state index contributed by atoms with van der Waals surface area (Å²) in [6.45, 7) is 6.24. The van der Waals surface area contributed by atoms with Gasteiger partial charge in [0.2, 0.25) is 0 Å². The van der Waals surface area contributed by atoms with Crippen LogP contribution in [0.2, 0.25) is 0 Å². The Bertz CT molecular complexity index is 1000. The molecule has 0 aliphatic carbocycles. The minimum atomic E-state index is 0.0592. The zero-order valence-electron chi connectivity index (χ0n) is 16.1. The molecule has 0 atom stereocenters. The molecule has 2 aliphatic rings. The number of rotatable bonds is 4. The molecule has 1 amide bonds. The molecule has 0 unspecified atom stereocenters. The molecule has 1 saturated heterocycles. The van der Waals surface area contributed by atoms with Gasteiger partial charge in [-0.1, -0.05) is 22.4 Å². The molecule has 4 heterocycles. The first-order chi connectivity index (χ1) is 13.7. The number of carbonyl (C=O) groups is 1. The Hall–Kier alpha value is -2.67. The Labute approximate surface area is 163 Å². The Morgan fingerprint density at radius 2 is 1.89 bits per heavy atom. The van der Waals surface area contributed by atoms with E-state index in [9.17, 15) is 4.79 Å². The van der Waals surface area contributed by atoms with E-state index in [1.54, 1.807) is 0 Å². The van der Waals surface area contributed by atoms with Gasteiger partial charge in [0, 0.05) is 37.4 Å². The van der Waals surface area contributed by atoms with Crippen molar-refractivity contribution in [3.05, 3.63) is 47.0 Å². The van der Waals surface area contributed by atoms with Crippen LogP contribution in [0.25, 0.3) is 11.0 Å². The molecule has 0 N–H and O–H groups in total. The van der Waals surface area contributed by atoms with Gasteiger partial charge in [-0.15, -0.1) is 0 Å². The molecular formula is C21H24N4O3. The second-order valence-electron chi connectivity index (χ2n) is 7.79.